The molecule has 0 fully saturated rings. The molecule has 114 valence electrons. The number of hydrogen-bond donors (Lipinski definition) is 1. The van der Waals surface area contributed by atoms with Crippen LogP contribution < -0.4 is 10.2 Å². The molecule has 0 spiro atoms. The van der Waals surface area contributed by atoms with Gasteiger partial charge < -0.3 is 14.7 Å². The van der Waals surface area contributed by atoms with Crippen LogP contribution in [-0.4, -0.2) is 23.7 Å². The van der Waals surface area contributed by atoms with Crippen molar-refractivity contribution in [1.29, 1.82) is 0 Å². The molecule has 0 amide bonds. The Bertz CT molecular complexity index is 548. The van der Waals surface area contributed by atoms with Crippen LogP contribution in [0.3, 0.4) is 0 Å². The Kier molecular flexibility index (Phi) is 5.33. The van der Waals surface area contributed by atoms with Gasteiger partial charge in [0, 0.05) is 32.4 Å². The fourth-order valence-corrected chi connectivity index (χ4v) is 1.92. The fourth-order valence-electron chi connectivity index (χ4n) is 1.92. The highest BCUT2D eigenvalue weighted by atomic mass is 16.5. The summed E-state index contributed by atoms with van der Waals surface area (Å²) < 4.78 is 5.29. The van der Waals surface area contributed by atoms with Crippen LogP contribution in [0.25, 0.3) is 0 Å². The van der Waals surface area contributed by atoms with Crippen molar-refractivity contribution in [1.82, 2.24) is 15.5 Å². The molecule has 0 atom stereocenters. The Hall–Kier alpha value is -1.88. The predicted octanol–water partition coefficient (Wildman–Crippen LogP) is 2.94. The first-order valence-electron chi connectivity index (χ1n) is 7.42. The number of anilines is 1. The molecule has 2 rings (SSSR count). The van der Waals surface area contributed by atoms with E-state index < -0.39 is 0 Å². The third kappa shape index (κ3) is 4.29. The highest BCUT2D eigenvalue weighted by Crippen LogP contribution is 2.14. The Morgan fingerprint density at radius 1 is 1.29 bits per heavy atom. The van der Waals surface area contributed by atoms with E-state index in [2.05, 4.69) is 47.2 Å². The fraction of sp³-hybridized carbons (Fsp3) is 0.500. The Labute approximate surface area is 126 Å². The lowest BCUT2D eigenvalue weighted by Gasteiger charge is -2.15. The molecule has 1 N–H and O–H groups in total. The third-order valence-corrected chi connectivity index (χ3v) is 3.47. The molecule has 2 heterocycles. The van der Waals surface area contributed by atoms with Crippen molar-refractivity contribution in [3.63, 3.8) is 0 Å². The van der Waals surface area contributed by atoms with Gasteiger partial charge in [-0.05, 0) is 24.5 Å². The van der Waals surface area contributed by atoms with E-state index in [0.717, 1.165) is 35.9 Å². The largest absolute Gasteiger partial charge is 0.360 e. The first-order valence-corrected chi connectivity index (χ1v) is 7.42. The van der Waals surface area contributed by atoms with Gasteiger partial charge in [0.15, 0.2) is 5.76 Å². The van der Waals surface area contributed by atoms with Crippen molar-refractivity contribution >= 4 is 5.82 Å². The summed E-state index contributed by atoms with van der Waals surface area (Å²) in [4.78, 5) is 6.56. The quantitative estimate of drug-likeness (QED) is 0.849. The zero-order valence-corrected chi connectivity index (χ0v) is 13.3. The molecule has 0 aliphatic carbocycles. The topological polar surface area (TPSA) is 54.2 Å². The molecule has 2 aromatic heterocycles. The Morgan fingerprint density at radius 2 is 2.10 bits per heavy atom. The standard InChI is InChI=1S/C16H24N4O/c1-5-20(4)16-7-6-13(10-18-16)9-17-11-14-8-15(12(2)3)19-21-14/h6-8,10,12,17H,5,9,11H2,1-4H3. The molecule has 0 aromatic carbocycles. The number of nitrogens with one attached hydrogen (secondary N) is 1. The molecule has 5 nitrogen and oxygen atoms in total. The first kappa shape index (κ1) is 15.5. The average molecular weight is 288 g/mol. The van der Waals surface area contributed by atoms with Gasteiger partial charge in [0.25, 0.3) is 0 Å². The Morgan fingerprint density at radius 3 is 2.67 bits per heavy atom. The molecule has 21 heavy (non-hydrogen) atoms. The summed E-state index contributed by atoms with van der Waals surface area (Å²) in [6.07, 6.45) is 1.91. The second kappa shape index (κ2) is 7.22. The maximum absolute atomic E-state index is 5.29. The van der Waals surface area contributed by atoms with Crippen LogP contribution in [-0.2, 0) is 13.1 Å². The van der Waals surface area contributed by atoms with E-state index in [9.17, 15) is 0 Å². The van der Waals surface area contributed by atoms with Crippen molar-refractivity contribution in [2.45, 2.75) is 39.8 Å². The minimum Gasteiger partial charge on any atom is -0.360 e. The van der Waals surface area contributed by atoms with Gasteiger partial charge in [-0.15, -0.1) is 0 Å². The van der Waals surface area contributed by atoms with Gasteiger partial charge in [-0.25, -0.2) is 4.98 Å². The summed E-state index contributed by atoms with van der Waals surface area (Å²) in [6.45, 7) is 8.72. The van der Waals surface area contributed by atoms with Gasteiger partial charge in [-0.1, -0.05) is 25.1 Å². The zero-order chi connectivity index (χ0) is 15.2. The first-order chi connectivity index (χ1) is 10.1. The van der Waals surface area contributed by atoms with Gasteiger partial charge in [0.2, 0.25) is 0 Å². The molecule has 0 unspecified atom stereocenters. The second-order valence-electron chi connectivity index (χ2n) is 5.52. The highest BCUT2D eigenvalue weighted by Gasteiger charge is 2.07. The average Bonchev–Trinajstić information content (AvgIpc) is 2.96. The number of hydrogen-bond acceptors (Lipinski definition) is 5. The van der Waals surface area contributed by atoms with Crippen LogP contribution in [0.15, 0.2) is 28.9 Å². The number of rotatable bonds is 7. The van der Waals surface area contributed by atoms with Crippen LogP contribution >= 0.6 is 0 Å². The molecule has 0 saturated heterocycles. The van der Waals surface area contributed by atoms with Gasteiger partial charge >= 0.3 is 0 Å². The summed E-state index contributed by atoms with van der Waals surface area (Å²) in [6, 6.07) is 6.16. The second-order valence-corrected chi connectivity index (χ2v) is 5.52. The molecular weight excluding hydrogens is 264 g/mol. The third-order valence-electron chi connectivity index (χ3n) is 3.47. The summed E-state index contributed by atoms with van der Waals surface area (Å²) in [5, 5.41) is 7.39. The summed E-state index contributed by atoms with van der Waals surface area (Å²) >= 11 is 0. The van der Waals surface area contributed by atoms with E-state index in [-0.39, 0.29) is 0 Å². The van der Waals surface area contributed by atoms with Crippen LogP contribution in [0.1, 0.15) is 43.7 Å². The molecule has 0 aliphatic heterocycles. The maximum Gasteiger partial charge on any atom is 0.150 e. The van der Waals surface area contributed by atoms with E-state index in [0.29, 0.717) is 12.5 Å². The van der Waals surface area contributed by atoms with Gasteiger partial charge in [0.1, 0.15) is 5.82 Å². The van der Waals surface area contributed by atoms with Crippen molar-refractivity contribution in [2.75, 3.05) is 18.5 Å². The SMILES string of the molecule is CCN(C)c1ccc(CNCc2cc(C(C)C)no2)cn1. The zero-order valence-electron chi connectivity index (χ0n) is 13.3. The molecule has 0 saturated carbocycles. The van der Waals surface area contributed by atoms with Crippen LogP contribution in [0.4, 0.5) is 5.82 Å². The van der Waals surface area contributed by atoms with Crippen LogP contribution in [0.5, 0.6) is 0 Å². The molecule has 0 radical (unpaired) electrons. The van der Waals surface area contributed by atoms with E-state index in [1.807, 2.05) is 25.4 Å². The van der Waals surface area contributed by atoms with E-state index >= 15 is 0 Å². The van der Waals surface area contributed by atoms with E-state index in [4.69, 9.17) is 4.52 Å². The van der Waals surface area contributed by atoms with Crippen molar-refractivity contribution in [3.8, 4) is 0 Å². The molecular formula is C16H24N4O. The number of aromatic nitrogens is 2. The van der Waals surface area contributed by atoms with Crippen LogP contribution in [0.2, 0.25) is 0 Å². The summed E-state index contributed by atoms with van der Waals surface area (Å²) in [5.74, 6) is 2.27. The Balaban J connectivity index is 1.82. The van der Waals surface area contributed by atoms with Gasteiger partial charge in [-0.2, -0.15) is 0 Å². The molecule has 0 bridgehead atoms. The van der Waals surface area contributed by atoms with Gasteiger partial charge in [-0.3, -0.25) is 0 Å². The summed E-state index contributed by atoms with van der Waals surface area (Å²) in [7, 11) is 2.04. The lowest BCUT2D eigenvalue weighted by molar-refractivity contribution is 0.365. The van der Waals surface area contributed by atoms with Gasteiger partial charge in [0.05, 0.1) is 12.2 Å². The lowest BCUT2D eigenvalue weighted by atomic mass is 10.1. The lowest BCUT2D eigenvalue weighted by Crippen LogP contribution is -2.17. The number of nitrogens with zero attached hydrogens (tertiary/aromatic N) is 3. The van der Waals surface area contributed by atoms with Crippen molar-refractivity contribution < 1.29 is 4.52 Å². The number of pyridine rings is 1. The normalized spacial score (nSPS) is 11.1. The molecule has 0 aliphatic rings. The highest BCUT2D eigenvalue weighted by molar-refractivity contribution is 5.37. The van der Waals surface area contributed by atoms with E-state index in [1.54, 1.807) is 0 Å². The summed E-state index contributed by atoms with van der Waals surface area (Å²) in [5.41, 5.74) is 2.16. The maximum atomic E-state index is 5.29. The van der Waals surface area contributed by atoms with Crippen molar-refractivity contribution in [2.24, 2.45) is 0 Å². The van der Waals surface area contributed by atoms with Crippen LogP contribution in [0, 0.1) is 0 Å². The van der Waals surface area contributed by atoms with E-state index in [1.165, 1.54) is 0 Å². The monoisotopic (exact) mass is 288 g/mol. The minimum absolute atomic E-state index is 0.398. The molecule has 2 aromatic rings. The smallest absolute Gasteiger partial charge is 0.150 e. The molecule has 5 heteroatoms. The van der Waals surface area contributed by atoms with Crippen molar-refractivity contribution in [3.05, 3.63) is 41.4 Å². The minimum atomic E-state index is 0.398. The predicted molar refractivity (Wildman–Crippen MR) is 84.3 cm³/mol.